The molecule has 0 aliphatic rings. The lowest BCUT2D eigenvalue weighted by molar-refractivity contribution is 0.0696. The molecule has 0 saturated heterocycles. The van der Waals surface area contributed by atoms with E-state index in [4.69, 9.17) is 5.11 Å². The van der Waals surface area contributed by atoms with Crippen molar-refractivity contribution in [1.29, 1.82) is 0 Å². The van der Waals surface area contributed by atoms with Crippen LogP contribution in [-0.2, 0) is 0 Å². The van der Waals surface area contributed by atoms with Crippen molar-refractivity contribution in [1.82, 2.24) is 4.98 Å². The number of carboxylic acids is 1. The second-order valence-electron chi connectivity index (χ2n) is 3.61. The molecule has 0 radical (unpaired) electrons. The minimum absolute atomic E-state index is 0.198. The van der Waals surface area contributed by atoms with Crippen molar-refractivity contribution in [2.75, 3.05) is 11.9 Å². The van der Waals surface area contributed by atoms with Crippen LogP contribution in [0.2, 0.25) is 0 Å². The zero-order valence-corrected chi connectivity index (χ0v) is 9.18. The lowest BCUT2D eigenvalue weighted by atomic mass is 10.1. The van der Waals surface area contributed by atoms with Crippen molar-refractivity contribution in [3.05, 3.63) is 48.7 Å². The Kier molecular flexibility index (Phi) is 3.05. The maximum absolute atomic E-state index is 10.8. The fourth-order valence-corrected chi connectivity index (χ4v) is 1.54. The van der Waals surface area contributed by atoms with E-state index in [1.807, 2.05) is 18.2 Å². The number of fused-ring (bicyclic) bond motifs is 1. The van der Waals surface area contributed by atoms with E-state index < -0.39 is 5.97 Å². The van der Waals surface area contributed by atoms with Gasteiger partial charge in [0.15, 0.2) is 0 Å². The van der Waals surface area contributed by atoms with Gasteiger partial charge in [-0.1, -0.05) is 12.1 Å². The van der Waals surface area contributed by atoms with E-state index in [9.17, 15) is 4.79 Å². The molecule has 17 heavy (non-hydrogen) atoms. The maximum Gasteiger partial charge on any atom is 0.337 e. The zero-order valence-electron chi connectivity index (χ0n) is 9.18. The highest BCUT2D eigenvalue weighted by Gasteiger charge is 2.04. The number of aromatic carboxylic acids is 1. The molecule has 1 heterocycles. The van der Waals surface area contributed by atoms with Crippen LogP contribution in [0.1, 0.15) is 10.4 Å². The van der Waals surface area contributed by atoms with Crippen LogP contribution in [0, 0.1) is 0 Å². The first-order valence-corrected chi connectivity index (χ1v) is 5.18. The van der Waals surface area contributed by atoms with Gasteiger partial charge < -0.3 is 10.4 Å². The molecule has 0 aliphatic carbocycles. The molecule has 1 aromatic carbocycles. The van der Waals surface area contributed by atoms with Crippen LogP contribution in [0.3, 0.4) is 0 Å². The summed E-state index contributed by atoms with van der Waals surface area (Å²) in [6.07, 6.45) is 3.13. The van der Waals surface area contributed by atoms with Gasteiger partial charge in [0.05, 0.1) is 11.1 Å². The summed E-state index contributed by atoms with van der Waals surface area (Å²) in [7, 11) is 0. The summed E-state index contributed by atoms with van der Waals surface area (Å²) in [4.78, 5) is 14.9. The third kappa shape index (κ3) is 2.42. The van der Waals surface area contributed by atoms with E-state index >= 15 is 0 Å². The number of nitrogens with one attached hydrogen (secondary N) is 1. The van der Waals surface area contributed by atoms with Crippen LogP contribution in [0.25, 0.3) is 10.9 Å². The predicted octanol–water partition coefficient (Wildman–Crippen LogP) is 2.53. The molecule has 86 valence electrons. The van der Waals surface area contributed by atoms with E-state index in [-0.39, 0.29) is 5.56 Å². The van der Waals surface area contributed by atoms with Crippen LogP contribution in [0.5, 0.6) is 0 Å². The second-order valence-corrected chi connectivity index (χ2v) is 3.61. The van der Waals surface area contributed by atoms with E-state index in [0.29, 0.717) is 6.54 Å². The minimum Gasteiger partial charge on any atom is -0.478 e. The highest BCUT2D eigenvalue weighted by Crippen LogP contribution is 2.18. The van der Waals surface area contributed by atoms with Gasteiger partial charge >= 0.3 is 5.97 Å². The number of rotatable bonds is 4. The molecule has 0 unspecified atom stereocenters. The van der Waals surface area contributed by atoms with Crippen LogP contribution in [0.4, 0.5) is 5.69 Å². The largest absolute Gasteiger partial charge is 0.478 e. The lowest BCUT2D eigenvalue weighted by Crippen LogP contribution is -1.99. The Morgan fingerprint density at radius 1 is 1.47 bits per heavy atom. The topological polar surface area (TPSA) is 62.2 Å². The number of anilines is 1. The Morgan fingerprint density at radius 2 is 2.29 bits per heavy atom. The monoisotopic (exact) mass is 228 g/mol. The average molecular weight is 228 g/mol. The van der Waals surface area contributed by atoms with Crippen LogP contribution < -0.4 is 5.32 Å². The van der Waals surface area contributed by atoms with Gasteiger partial charge in [-0.3, -0.25) is 4.98 Å². The summed E-state index contributed by atoms with van der Waals surface area (Å²) in [5.74, 6) is -0.965. The van der Waals surface area contributed by atoms with E-state index in [1.165, 1.54) is 6.20 Å². The molecule has 0 atom stereocenters. The average Bonchev–Trinajstić information content (AvgIpc) is 2.35. The van der Waals surface area contributed by atoms with Crippen molar-refractivity contribution in [3.8, 4) is 0 Å². The third-order valence-corrected chi connectivity index (χ3v) is 2.38. The molecule has 2 rings (SSSR count). The molecule has 2 aromatic rings. The number of aromatic nitrogens is 1. The Balaban J connectivity index is 2.39. The maximum atomic E-state index is 10.8. The smallest absolute Gasteiger partial charge is 0.337 e. The van der Waals surface area contributed by atoms with Gasteiger partial charge in [-0.2, -0.15) is 0 Å². The predicted molar refractivity (Wildman–Crippen MR) is 67.4 cm³/mol. The quantitative estimate of drug-likeness (QED) is 0.789. The van der Waals surface area contributed by atoms with Gasteiger partial charge in [-0.15, -0.1) is 6.58 Å². The molecule has 4 heteroatoms. The van der Waals surface area contributed by atoms with Gasteiger partial charge in [-0.05, 0) is 18.2 Å². The Bertz CT molecular complexity index is 579. The first kappa shape index (κ1) is 11.1. The fraction of sp³-hybridized carbons (Fsp3) is 0.0769. The van der Waals surface area contributed by atoms with Crippen molar-refractivity contribution >= 4 is 22.6 Å². The third-order valence-electron chi connectivity index (χ3n) is 2.38. The molecular weight excluding hydrogens is 216 g/mol. The number of benzene rings is 1. The molecule has 0 fully saturated rings. The molecule has 0 saturated carbocycles. The standard InChI is InChI=1S/C13H12N2O2/c1-2-5-14-11-4-3-9-6-10(13(16)17)8-15-12(9)7-11/h2-4,6-8,14H,1,5H2,(H,16,17). The number of pyridine rings is 1. The Labute approximate surface area is 98.6 Å². The number of hydrogen-bond acceptors (Lipinski definition) is 3. The second kappa shape index (κ2) is 4.65. The molecule has 0 amide bonds. The van der Waals surface area contributed by atoms with E-state index in [1.54, 1.807) is 12.1 Å². The lowest BCUT2D eigenvalue weighted by Gasteiger charge is -2.05. The molecule has 0 bridgehead atoms. The zero-order chi connectivity index (χ0) is 12.3. The highest BCUT2D eigenvalue weighted by molar-refractivity contribution is 5.93. The Hall–Kier alpha value is -2.36. The van der Waals surface area contributed by atoms with Gasteiger partial charge in [0.1, 0.15) is 0 Å². The number of nitrogens with zero attached hydrogens (tertiary/aromatic N) is 1. The van der Waals surface area contributed by atoms with Crippen molar-refractivity contribution < 1.29 is 9.90 Å². The summed E-state index contributed by atoms with van der Waals surface area (Å²) in [6.45, 7) is 4.30. The fourth-order valence-electron chi connectivity index (χ4n) is 1.54. The molecule has 2 N–H and O–H groups in total. The SMILES string of the molecule is C=CCNc1ccc2cc(C(=O)O)cnc2c1. The van der Waals surface area contributed by atoms with Crippen LogP contribution in [0.15, 0.2) is 43.1 Å². The number of hydrogen-bond donors (Lipinski definition) is 2. The summed E-state index contributed by atoms with van der Waals surface area (Å²) in [6, 6.07) is 7.23. The van der Waals surface area contributed by atoms with E-state index in [2.05, 4.69) is 16.9 Å². The molecular formula is C13H12N2O2. The number of carboxylic acid groups (broad SMARTS) is 1. The first-order chi connectivity index (χ1) is 8.20. The van der Waals surface area contributed by atoms with Crippen molar-refractivity contribution in [2.24, 2.45) is 0 Å². The summed E-state index contributed by atoms with van der Waals surface area (Å²) in [5, 5.41) is 12.8. The molecule has 0 spiro atoms. The summed E-state index contributed by atoms with van der Waals surface area (Å²) < 4.78 is 0. The van der Waals surface area contributed by atoms with Crippen molar-refractivity contribution in [2.45, 2.75) is 0 Å². The van der Waals surface area contributed by atoms with Gasteiger partial charge in [0.25, 0.3) is 0 Å². The number of carbonyl (C=O) groups is 1. The summed E-state index contributed by atoms with van der Waals surface area (Å²) >= 11 is 0. The Morgan fingerprint density at radius 3 is 3.00 bits per heavy atom. The molecule has 0 aliphatic heterocycles. The minimum atomic E-state index is -0.965. The van der Waals surface area contributed by atoms with Gasteiger partial charge in [0.2, 0.25) is 0 Å². The summed E-state index contributed by atoms with van der Waals surface area (Å²) in [5.41, 5.74) is 1.90. The molecule has 1 aromatic heterocycles. The highest BCUT2D eigenvalue weighted by atomic mass is 16.4. The van der Waals surface area contributed by atoms with Crippen LogP contribution >= 0.6 is 0 Å². The van der Waals surface area contributed by atoms with Gasteiger partial charge in [-0.25, -0.2) is 4.79 Å². The first-order valence-electron chi connectivity index (χ1n) is 5.18. The van der Waals surface area contributed by atoms with E-state index in [0.717, 1.165) is 16.6 Å². The van der Waals surface area contributed by atoms with Crippen molar-refractivity contribution in [3.63, 3.8) is 0 Å². The van der Waals surface area contributed by atoms with Crippen LogP contribution in [-0.4, -0.2) is 22.6 Å². The van der Waals surface area contributed by atoms with Gasteiger partial charge in [0, 0.05) is 23.8 Å². The molecule has 4 nitrogen and oxygen atoms in total. The normalized spacial score (nSPS) is 10.1.